The van der Waals surface area contributed by atoms with Crippen LogP contribution in [0.25, 0.3) is 0 Å². The van der Waals surface area contributed by atoms with Crippen LogP contribution in [0.1, 0.15) is 21.7 Å². The lowest BCUT2D eigenvalue weighted by atomic mass is 10.2. The summed E-state index contributed by atoms with van der Waals surface area (Å²) in [5.74, 6) is 1.03. The molecule has 0 saturated carbocycles. The summed E-state index contributed by atoms with van der Waals surface area (Å²) in [6, 6.07) is 11.1. The van der Waals surface area contributed by atoms with Crippen molar-refractivity contribution in [1.29, 1.82) is 0 Å². The molecule has 7 nitrogen and oxygen atoms in total. The van der Waals surface area contributed by atoms with Gasteiger partial charge in [0, 0.05) is 13.2 Å². The van der Waals surface area contributed by atoms with E-state index in [9.17, 15) is 4.79 Å². The molecule has 0 radical (unpaired) electrons. The largest absolute Gasteiger partial charge is 0.456 e. The Morgan fingerprint density at radius 1 is 1.25 bits per heavy atom. The van der Waals surface area contributed by atoms with Crippen LogP contribution >= 0.6 is 0 Å². The van der Waals surface area contributed by atoms with E-state index in [4.69, 9.17) is 4.74 Å². The molecule has 0 saturated heterocycles. The first-order valence-electron chi connectivity index (χ1n) is 7.44. The topological polar surface area (TPSA) is 81.9 Å². The molecule has 0 fully saturated rings. The van der Waals surface area contributed by atoms with E-state index in [0.29, 0.717) is 23.7 Å². The normalized spacial score (nSPS) is 10.4. The molecular weight excluding hydrogens is 306 g/mol. The first-order valence-corrected chi connectivity index (χ1v) is 7.44. The summed E-state index contributed by atoms with van der Waals surface area (Å²) in [6.07, 6.45) is 3.27. The fourth-order valence-corrected chi connectivity index (χ4v) is 2.13. The van der Waals surface area contributed by atoms with E-state index >= 15 is 0 Å². The Hall–Kier alpha value is -3.22. The molecule has 2 aromatic heterocycles. The Morgan fingerprint density at radius 3 is 2.79 bits per heavy atom. The number of carbonyl (C=O) groups excluding carboxylic acids is 1. The van der Waals surface area contributed by atoms with E-state index in [1.807, 2.05) is 31.2 Å². The van der Waals surface area contributed by atoms with Crippen molar-refractivity contribution >= 4 is 5.91 Å². The SMILES string of the molecule is Cc1cccc(Oc2ccc(C(=O)NCc3cn(C)nn3)nc2)c1. The summed E-state index contributed by atoms with van der Waals surface area (Å²) in [7, 11) is 1.77. The number of rotatable bonds is 5. The minimum Gasteiger partial charge on any atom is -0.456 e. The minimum absolute atomic E-state index is 0.275. The molecule has 2 heterocycles. The Kier molecular flexibility index (Phi) is 4.51. The molecule has 0 unspecified atom stereocenters. The summed E-state index contributed by atoms with van der Waals surface area (Å²) in [6.45, 7) is 2.30. The highest BCUT2D eigenvalue weighted by Crippen LogP contribution is 2.21. The van der Waals surface area contributed by atoms with Crippen molar-refractivity contribution in [2.24, 2.45) is 7.05 Å². The molecule has 1 N–H and O–H groups in total. The van der Waals surface area contributed by atoms with E-state index in [0.717, 1.165) is 11.3 Å². The summed E-state index contributed by atoms with van der Waals surface area (Å²) in [5.41, 5.74) is 2.11. The number of aromatic nitrogens is 4. The number of benzene rings is 1. The molecule has 0 atom stereocenters. The van der Waals surface area contributed by atoms with Gasteiger partial charge in [0.1, 0.15) is 22.9 Å². The van der Waals surface area contributed by atoms with Gasteiger partial charge >= 0.3 is 0 Å². The van der Waals surface area contributed by atoms with Gasteiger partial charge < -0.3 is 10.1 Å². The van der Waals surface area contributed by atoms with Gasteiger partial charge in [-0.25, -0.2) is 4.98 Å². The number of nitrogens with zero attached hydrogens (tertiary/aromatic N) is 4. The molecule has 0 spiro atoms. The van der Waals surface area contributed by atoms with Gasteiger partial charge in [-0.15, -0.1) is 5.10 Å². The van der Waals surface area contributed by atoms with E-state index in [1.165, 1.54) is 6.20 Å². The first kappa shape index (κ1) is 15.7. The lowest BCUT2D eigenvalue weighted by Crippen LogP contribution is -2.23. The van der Waals surface area contributed by atoms with Crippen LogP contribution in [-0.2, 0) is 13.6 Å². The monoisotopic (exact) mass is 323 g/mol. The highest BCUT2D eigenvalue weighted by molar-refractivity contribution is 5.92. The lowest BCUT2D eigenvalue weighted by Gasteiger charge is -2.07. The Labute approximate surface area is 139 Å². The van der Waals surface area contributed by atoms with Crippen molar-refractivity contribution in [2.45, 2.75) is 13.5 Å². The third-order valence-corrected chi connectivity index (χ3v) is 3.27. The molecule has 0 aliphatic rings. The smallest absolute Gasteiger partial charge is 0.270 e. The van der Waals surface area contributed by atoms with E-state index in [-0.39, 0.29) is 5.91 Å². The number of hydrogen-bond acceptors (Lipinski definition) is 5. The summed E-state index contributed by atoms with van der Waals surface area (Å²) >= 11 is 0. The van der Waals surface area contributed by atoms with Gasteiger partial charge in [0.2, 0.25) is 0 Å². The van der Waals surface area contributed by atoms with Gasteiger partial charge in [-0.05, 0) is 36.8 Å². The average Bonchev–Trinajstić information content (AvgIpc) is 2.99. The third-order valence-electron chi connectivity index (χ3n) is 3.27. The number of pyridine rings is 1. The average molecular weight is 323 g/mol. The van der Waals surface area contributed by atoms with Crippen molar-refractivity contribution in [1.82, 2.24) is 25.3 Å². The fourth-order valence-electron chi connectivity index (χ4n) is 2.13. The summed E-state index contributed by atoms with van der Waals surface area (Å²) in [4.78, 5) is 16.2. The molecule has 1 amide bonds. The van der Waals surface area contributed by atoms with Gasteiger partial charge in [-0.2, -0.15) is 0 Å². The molecular formula is C17H17N5O2. The van der Waals surface area contributed by atoms with Gasteiger partial charge in [-0.3, -0.25) is 9.48 Å². The number of nitrogens with one attached hydrogen (secondary N) is 1. The molecule has 122 valence electrons. The van der Waals surface area contributed by atoms with E-state index < -0.39 is 0 Å². The second-order valence-electron chi connectivity index (χ2n) is 5.36. The van der Waals surface area contributed by atoms with Crippen molar-refractivity contribution in [2.75, 3.05) is 0 Å². The molecule has 24 heavy (non-hydrogen) atoms. The number of ether oxygens (including phenoxy) is 1. The van der Waals surface area contributed by atoms with Crippen LogP contribution in [0.5, 0.6) is 11.5 Å². The van der Waals surface area contributed by atoms with Crippen molar-refractivity contribution in [3.8, 4) is 11.5 Å². The van der Waals surface area contributed by atoms with Crippen LogP contribution in [0, 0.1) is 6.92 Å². The maximum atomic E-state index is 12.1. The quantitative estimate of drug-likeness (QED) is 0.778. The highest BCUT2D eigenvalue weighted by atomic mass is 16.5. The Bertz CT molecular complexity index is 842. The summed E-state index contributed by atoms with van der Waals surface area (Å²) < 4.78 is 7.29. The Morgan fingerprint density at radius 2 is 2.12 bits per heavy atom. The molecule has 3 aromatic rings. The van der Waals surface area contributed by atoms with Gasteiger partial charge in [0.15, 0.2) is 0 Å². The van der Waals surface area contributed by atoms with Crippen molar-refractivity contribution in [3.05, 3.63) is 65.7 Å². The van der Waals surface area contributed by atoms with Crippen LogP contribution in [0.15, 0.2) is 48.8 Å². The molecule has 7 heteroatoms. The highest BCUT2D eigenvalue weighted by Gasteiger charge is 2.08. The van der Waals surface area contributed by atoms with Crippen LogP contribution in [0.4, 0.5) is 0 Å². The van der Waals surface area contributed by atoms with E-state index in [2.05, 4.69) is 20.6 Å². The van der Waals surface area contributed by atoms with Crippen LogP contribution in [-0.4, -0.2) is 25.9 Å². The van der Waals surface area contributed by atoms with Crippen LogP contribution in [0.3, 0.4) is 0 Å². The number of aryl methyl sites for hydroxylation is 2. The lowest BCUT2D eigenvalue weighted by molar-refractivity contribution is 0.0945. The van der Waals surface area contributed by atoms with Gasteiger partial charge in [0.25, 0.3) is 5.91 Å². The van der Waals surface area contributed by atoms with Crippen molar-refractivity contribution < 1.29 is 9.53 Å². The summed E-state index contributed by atoms with van der Waals surface area (Å²) in [5, 5.41) is 10.5. The van der Waals surface area contributed by atoms with Crippen molar-refractivity contribution in [3.63, 3.8) is 0 Å². The molecule has 0 aliphatic carbocycles. The molecule has 0 bridgehead atoms. The Balaban J connectivity index is 1.60. The van der Waals surface area contributed by atoms with Crippen LogP contribution < -0.4 is 10.1 Å². The second kappa shape index (κ2) is 6.91. The number of hydrogen-bond donors (Lipinski definition) is 1. The van der Waals surface area contributed by atoms with E-state index in [1.54, 1.807) is 30.1 Å². The maximum absolute atomic E-state index is 12.1. The van der Waals surface area contributed by atoms with Crippen LogP contribution in [0.2, 0.25) is 0 Å². The van der Waals surface area contributed by atoms with Gasteiger partial charge in [-0.1, -0.05) is 17.3 Å². The zero-order valence-electron chi connectivity index (χ0n) is 13.4. The molecule has 1 aromatic carbocycles. The maximum Gasteiger partial charge on any atom is 0.270 e. The minimum atomic E-state index is -0.275. The molecule has 0 aliphatic heterocycles. The predicted octanol–water partition coefficient (Wildman–Crippen LogP) is 2.24. The number of amides is 1. The fraction of sp³-hybridized carbons (Fsp3) is 0.176. The number of carbonyl (C=O) groups is 1. The first-order chi connectivity index (χ1) is 11.6. The zero-order valence-corrected chi connectivity index (χ0v) is 13.4. The molecule has 3 rings (SSSR count). The predicted molar refractivity (Wildman–Crippen MR) is 87.7 cm³/mol. The second-order valence-corrected chi connectivity index (χ2v) is 5.36. The van der Waals surface area contributed by atoms with Gasteiger partial charge in [0.05, 0.1) is 12.7 Å². The third kappa shape index (κ3) is 3.95. The standard InChI is InChI=1S/C17H17N5O2/c1-12-4-3-5-14(8-12)24-15-6-7-16(18-10-15)17(23)19-9-13-11-22(2)21-20-13/h3-8,10-11H,9H2,1-2H3,(H,19,23). The zero-order chi connectivity index (χ0) is 16.9.